The van der Waals surface area contributed by atoms with Crippen molar-refractivity contribution in [2.24, 2.45) is 5.41 Å². The third kappa shape index (κ3) is 27.2. The van der Waals surface area contributed by atoms with Gasteiger partial charge in [0.1, 0.15) is 6.61 Å². The number of esters is 1. The summed E-state index contributed by atoms with van der Waals surface area (Å²) < 4.78 is 10.4. The molecule has 0 atom stereocenters. The first-order valence-corrected chi connectivity index (χ1v) is 15.1. The van der Waals surface area contributed by atoms with E-state index < -0.39 is 11.4 Å². The summed E-state index contributed by atoms with van der Waals surface area (Å²) in [6, 6.07) is 0. The smallest absolute Gasteiger partial charge is 0.311 e. The summed E-state index contributed by atoms with van der Waals surface area (Å²) in [6.45, 7) is 6.90. The van der Waals surface area contributed by atoms with Gasteiger partial charge in [-0.2, -0.15) is 0 Å². The van der Waals surface area contributed by atoms with E-state index in [1.54, 1.807) is 20.8 Å². The van der Waals surface area contributed by atoms with Gasteiger partial charge in [0.15, 0.2) is 0 Å². The van der Waals surface area contributed by atoms with Crippen LogP contribution in [-0.2, 0) is 28.7 Å². The summed E-state index contributed by atoms with van der Waals surface area (Å²) in [5, 5.41) is 14.2. The third-order valence-corrected chi connectivity index (χ3v) is 6.36. The van der Waals surface area contributed by atoms with Gasteiger partial charge in [0, 0.05) is 32.4 Å². The van der Waals surface area contributed by atoms with Crippen LogP contribution >= 0.6 is 0 Å². The molecule has 0 bridgehead atoms. The molecule has 0 aliphatic rings. The molecule has 228 valence electrons. The molecule has 0 aliphatic carbocycles. The fourth-order valence-electron chi connectivity index (χ4n) is 3.95. The van der Waals surface area contributed by atoms with Gasteiger partial charge >= 0.3 is 11.9 Å². The number of carboxylic acids is 1. The zero-order valence-electron chi connectivity index (χ0n) is 25.0. The summed E-state index contributed by atoms with van der Waals surface area (Å²) in [7, 11) is 0. The van der Waals surface area contributed by atoms with E-state index in [-0.39, 0.29) is 37.4 Å². The fraction of sp³-hybridized carbons (Fsp3) is 0.867. The molecule has 9 nitrogen and oxygen atoms in total. The van der Waals surface area contributed by atoms with Gasteiger partial charge in [-0.25, -0.2) is 0 Å². The Morgan fingerprint density at radius 1 is 0.564 bits per heavy atom. The number of carbonyl (C=O) groups excluding carboxylic acids is 3. The monoisotopic (exact) mass is 556 g/mol. The Morgan fingerprint density at radius 2 is 1.00 bits per heavy atom. The lowest BCUT2D eigenvalue weighted by Crippen LogP contribution is -2.32. The van der Waals surface area contributed by atoms with Crippen molar-refractivity contribution >= 4 is 23.8 Å². The highest BCUT2D eigenvalue weighted by Gasteiger charge is 2.22. The molecule has 0 unspecified atom stereocenters. The molecule has 0 saturated heterocycles. The maximum Gasteiger partial charge on any atom is 0.311 e. The first-order valence-electron chi connectivity index (χ1n) is 15.1. The second kappa shape index (κ2) is 24.9. The van der Waals surface area contributed by atoms with E-state index in [2.05, 4.69) is 10.6 Å². The Morgan fingerprint density at radius 3 is 1.49 bits per heavy atom. The third-order valence-electron chi connectivity index (χ3n) is 6.36. The summed E-state index contributed by atoms with van der Waals surface area (Å²) in [5.74, 6) is -1.09. The lowest BCUT2D eigenvalue weighted by molar-refractivity contribution is -0.154. The lowest BCUT2D eigenvalue weighted by atomic mass is 9.97. The molecule has 0 saturated carbocycles. The molecule has 0 aliphatic heterocycles. The lowest BCUT2D eigenvalue weighted by Gasteiger charge is -2.16. The highest BCUT2D eigenvalue weighted by atomic mass is 16.6. The van der Waals surface area contributed by atoms with Crippen molar-refractivity contribution in [3.05, 3.63) is 0 Å². The SMILES string of the molecule is CC(C)(C)C(=O)OCCOCCNC(=O)CCNC(=O)CCCCCCCCCCCCCCCCC(=O)O. The van der Waals surface area contributed by atoms with Crippen LogP contribution in [0.1, 0.15) is 130 Å². The first-order chi connectivity index (χ1) is 18.6. The largest absolute Gasteiger partial charge is 0.481 e. The second-order valence-corrected chi connectivity index (χ2v) is 11.3. The van der Waals surface area contributed by atoms with Gasteiger partial charge in [-0.3, -0.25) is 19.2 Å². The number of unbranched alkanes of at least 4 members (excludes halogenated alkanes) is 13. The second-order valence-electron chi connectivity index (χ2n) is 11.3. The highest BCUT2D eigenvalue weighted by Crippen LogP contribution is 2.15. The van der Waals surface area contributed by atoms with E-state index in [4.69, 9.17) is 14.6 Å². The molecule has 39 heavy (non-hydrogen) atoms. The predicted octanol–water partition coefficient (Wildman–Crippen LogP) is 5.54. The van der Waals surface area contributed by atoms with Crippen molar-refractivity contribution in [1.82, 2.24) is 10.6 Å². The molecule has 9 heteroatoms. The van der Waals surface area contributed by atoms with Crippen LogP contribution in [0.2, 0.25) is 0 Å². The molecular weight excluding hydrogens is 500 g/mol. The standard InChI is InChI=1S/C30H56N2O7/c1-30(2,3)29(37)39-25-24-38-23-22-32-27(34)20-21-31-26(33)18-16-14-12-10-8-6-4-5-7-9-11-13-15-17-19-28(35)36/h4-25H2,1-3H3,(H,31,33)(H,32,34)(H,35,36). The average molecular weight is 557 g/mol. The van der Waals surface area contributed by atoms with E-state index in [1.807, 2.05) is 0 Å². The van der Waals surface area contributed by atoms with Crippen LogP contribution in [0.4, 0.5) is 0 Å². The van der Waals surface area contributed by atoms with Gasteiger partial charge in [0.05, 0.1) is 18.6 Å². The Balaban J connectivity index is 3.36. The van der Waals surface area contributed by atoms with Crippen LogP contribution < -0.4 is 10.6 Å². The number of carboxylic acid groups (broad SMARTS) is 1. The Bertz CT molecular complexity index is 662. The number of carbonyl (C=O) groups is 4. The molecule has 0 fully saturated rings. The minimum Gasteiger partial charge on any atom is -0.481 e. The number of aliphatic carboxylic acids is 1. The molecule has 0 aromatic carbocycles. The number of nitrogens with one attached hydrogen (secondary N) is 2. The van der Waals surface area contributed by atoms with Crippen LogP contribution in [0.5, 0.6) is 0 Å². The van der Waals surface area contributed by atoms with Crippen molar-refractivity contribution in [3.8, 4) is 0 Å². The van der Waals surface area contributed by atoms with Crippen LogP contribution in [0.15, 0.2) is 0 Å². The molecule has 0 radical (unpaired) electrons. The van der Waals surface area contributed by atoms with Gasteiger partial charge in [0.25, 0.3) is 0 Å². The number of amides is 2. The Kier molecular flexibility index (Phi) is 23.5. The Hall–Kier alpha value is -2.16. The van der Waals surface area contributed by atoms with Gasteiger partial charge < -0.3 is 25.2 Å². The fourth-order valence-corrected chi connectivity index (χ4v) is 3.95. The zero-order valence-corrected chi connectivity index (χ0v) is 25.0. The quantitative estimate of drug-likeness (QED) is 0.0941. The maximum atomic E-state index is 11.9. The minimum atomic E-state index is -0.690. The topological polar surface area (TPSA) is 131 Å². The van der Waals surface area contributed by atoms with E-state index >= 15 is 0 Å². The highest BCUT2D eigenvalue weighted by molar-refractivity contribution is 5.78. The number of rotatable bonds is 26. The summed E-state index contributed by atoms with van der Waals surface area (Å²) in [4.78, 5) is 45.8. The van der Waals surface area contributed by atoms with E-state index in [9.17, 15) is 19.2 Å². The van der Waals surface area contributed by atoms with Gasteiger partial charge in [-0.15, -0.1) is 0 Å². The number of ether oxygens (including phenoxy) is 2. The molecule has 0 spiro atoms. The summed E-state index contributed by atoms with van der Waals surface area (Å²) >= 11 is 0. The number of hydrogen-bond donors (Lipinski definition) is 3. The normalized spacial score (nSPS) is 11.3. The molecule has 3 N–H and O–H groups in total. The van der Waals surface area contributed by atoms with Crippen molar-refractivity contribution < 1.29 is 33.8 Å². The molecule has 0 aromatic heterocycles. The average Bonchev–Trinajstić information content (AvgIpc) is 2.87. The van der Waals surface area contributed by atoms with Crippen molar-refractivity contribution in [3.63, 3.8) is 0 Å². The number of hydrogen-bond acceptors (Lipinski definition) is 6. The van der Waals surface area contributed by atoms with Crippen molar-refractivity contribution in [1.29, 1.82) is 0 Å². The molecule has 2 amide bonds. The first kappa shape index (κ1) is 36.8. The van der Waals surface area contributed by atoms with Gasteiger partial charge in [-0.05, 0) is 33.6 Å². The molecule has 0 rings (SSSR count). The minimum absolute atomic E-state index is 0.00202. The van der Waals surface area contributed by atoms with Crippen molar-refractivity contribution in [2.75, 3.05) is 32.9 Å². The van der Waals surface area contributed by atoms with Crippen molar-refractivity contribution in [2.45, 2.75) is 130 Å². The Labute approximate surface area is 236 Å². The van der Waals surface area contributed by atoms with Crippen LogP contribution in [0, 0.1) is 5.41 Å². The van der Waals surface area contributed by atoms with Crippen LogP contribution in [0.3, 0.4) is 0 Å². The molecule has 0 aromatic rings. The summed E-state index contributed by atoms with van der Waals surface area (Å²) in [5.41, 5.74) is -0.528. The van der Waals surface area contributed by atoms with Crippen LogP contribution in [0.25, 0.3) is 0 Å². The predicted molar refractivity (Wildman–Crippen MR) is 153 cm³/mol. The summed E-state index contributed by atoms with van der Waals surface area (Å²) in [6.07, 6.45) is 17.2. The van der Waals surface area contributed by atoms with E-state index in [0.717, 1.165) is 38.5 Å². The van der Waals surface area contributed by atoms with E-state index in [1.165, 1.54) is 51.4 Å². The zero-order chi connectivity index (χ0) is 29.2. The van der Waals surface area contributed by atoms with Gasteiger partial charge in [0.2, 0.25) is 11.8 Å². The maximum absolute atomic E-state index is 11.9. The van der Waals surface area contributed by atoms with Gasteiger partial charge in [-0.1, -0.05) is 77.0 Å². The van der Waals surface area contributed by atoms with E-state index in [0.29, 0.717) is 32.5 Å². The van der Waals surface area contributed by atoms with Crippen LogP contribution in [-0.4, -0.2) is 61.8 Å². The molecule has 0 heterocycles. The molecular formula is C30H56N2O7.